The molecule has 0 atom stereocenters. The van der Waals surface area contributed by atoms with Crippen molar-refractivity contribution in [3.8, 4) is 6.07 Å². The number of nitriles is 1. The number of hydrogen-bond acceptors (Lipinski definition) is 4. The largest absolute Gasteiger partial charge is 0.302 e. The second-order valence-corrected chi connectivity index (χ2v) is 4.40. The van der Waals surface area contributed by atoms with Crippen LogP contribution in [0.4, 0.5) is 0 Å². The zero-order valence-electron chi connectivity index (χ0n) is 8.19. The lowest BCUT2D eigenvalue weighted by atomic mass is 10.2. The van der Waals surface area contributed by atoms with Crippen molar-refractivity contribution < 1.29 is 4.79 Å². The number of rotatable bonds is 3. The van der Waals surface area contributed by atoms with Crippen LogP contribution >= 0.6 is 11.8 Å². The van der Waals surface area contributed by atoms with Crippen molar-refractivity contribution in [3.05, 3.63) is 22.9 Å². The van der Waals surface area contributed by atoms with Gasteiger partial charge >= 0.3 is 0 Å². The van der Waals surface area contributed by atoms with E-state index in [2.05, 4.69) is 11.1 Å². The van der Waals surface area contributed by atoms with Gasteiger partial charge in [0.2, 0.25) is 0 Å². The normalized spacial score (nSPS) is 13.3. The molecule has 15 heavy (non-hydrogen) atoms. The number of pyridine rings is 1. The minimum absolute atomic E-state index is 0.362. The van der Waals surface area contributed by atoms with Gasteiger partial charge in [0.05, 0.1) is 11.3 Å². The number of aromatic nitrogens is 1. The fraction of sp³-hybridized carbons (Fsp3) is 0.364. The van der Waals surface area contributed by atoms with Crippen LogP contribution in [0.2, 0.25) is 0 Å². The van der Waals surface area contributed by atoms with Gasteiger partial charge in [0.15, 0.2) is 0 Å². The predicted molar refractivity (Wildman–Crippen MR) is 57.8 cm³/mol. The Kier molecular flexibility index (Phi) is 3.02. The zero-order valence-corrected chi connectivity index (χ0v) is 9.01. The zero-order chi connectivity index (χ0) is 10.7. The Balaban J connectivity index is 2.36. The molecule has 1 aliphatic rings. The maximum atomic E-state index is 10.3. The molecule has 0 spiro atoms. The molecule has 0 unspecified atom stereocenters. The summed E-state index contributed by atoms with van der Waals surface area (Å²) in [4.78, 5) is 14.7. The monoisotopic (exact) mass is 218 g/mol. The molecule has 0 aromatic carbocycles. The van der Waals surface area contributed by atoms with E-state index in [1.54, 1.807) is 0 Å². The summed E-state index contributed by atoms with van der Waals surface area (Å²) in [6.07, 6.45) is 3.97. The van der Waals surface area contributed by atoms with Crippen molar-refractivity contribution in [2.75, 3.05) is 5.75 Å². The Morgan fingerprint density at radius 1 is 1.60 bits per heavy atom. The number of fused-ring (bicyclic) bond motifs is 1. The van der Waals surface area contributed by atoms with Crippen LogP contribution in [0.3, 0.4) is 0 Å². The molecule has 3 nitrogen and oxygen atoms in total. The maximum Gasteiger partial charge on any atom is 0.130 e. The minimum atomic E-state index is 0.362. The number of thioether (sulfide) groups is 1. The highest BCUT2D eigenvalue weighted by Gasteiger charge is 2.16. The third kappa shape index (κ3) is 2.02. The Labute approximate surface area is 92.5 Å². The van der Waals surface area contributed by atoms with Crippen LogP contribution in [0.25, 0.3) is 0 Å². The summed E-state index contributed by atoms with van der Waals surface area (Å²) in [5, 5.41) is 9.66. The van der Waals surface area contributed by atoms with E-state index in [1.807, 2.05) is 6.07 Å². The van der Waals surface area contributed by atoms with E-state index < -0.39 is 0 Å². The highest BCUT2D eigenvalue weighted by atomic mass is 32.2. The van der Waals surface area contributed by atoms with E-state index in [0.29, 0.717) is 16.3 Å². The summed E-state index contributed by atoms with van der Waals surface area (Å²) in [5.74, 6) is 0.362. The van der Waals surface area contributed by atoms with Crippen molar-refractivity contribution in [2.24, 2.45) is 0 Å². The predicted octanol–water partition coefficient (Wildman–Crippen LogP) is 1.73. The van der Waals surface area contributed by atoms with Gasteiger partial charge in [0.1, 0.15) is 17.4 Å². The lowest BCUT2D eigenvalue weighted by Gasteiger charge is -2.04. The molecule has 0 saturated carbocycles. The minimum Gasteiger partial charge on any atom is -0.302 e. The SMILES string of the molecule is N#Cc1cc2c(nc1SCC=O)CCC2. The van der Waals surface area contributed by atoms with E-state index >= 15 is 0 Å². The molecule has 1 heterocycles. The molecule has 1 aromatic heterocycles. The average Bonchev–Trinajstić information content (AvgIpc) is 2.71. The molecule has 1 aliphatic carbocycles. The third-order valence-electron chi connectivity index (χ3n) is 2.42. The van der Waals surface area contributed by atoms with Gasteiger partial charge in [-0.3, -0.25) is 0 Å². The van der Waals surface area contributed by atoms with E-state index in [0.717, 1.165) is 31.2 Å². The first-order valence-corrected chi connectivity index (χ1v) is 5.83. The molecule has 0 N–H and O–H groups in total. The first-order chi connectivity index (χ1) is 7.35. The Morgan fingerprint density at radius 2 is 2.47 bits per heavy atom. The standard InChI is InChI=1S/C11H10N2OS/c12-7-9-6-8-2-1-3-10(8)13-11(9)15-5-4-14/h4,6H,1-3,5H2. The van der Waals surface area contributed by atoms with Crippen molar-refractivity contribution in [3.63, 3.8) is 0 Å². The molecule has 0 fully saturated rings. The first-order valence-electron chi connectivity index (χ1n) is 4.84. The van der Waals surface area contributed by atoms with Crippen LogP contribution < -0.4 is 0 Å². The van der Waals surface area contributed by atoms with Gasteiger partial charge < -0.3 is 4.79 Å². The maximum absolute atomic E-state index is 10.3. The lowest BCUT2D eigenvalue weighted by Crippen LogP contribution is -1.95. The number of aldehydes is 1. The number of aryl methyl sites for hydroxylation is 2. The Hall–Kier alpha value is -1.34. The summed E-state index contributed by atoms with van der Waals surface area (Å²) in [5.41, 5.74) is 2.90. The van der Waals surface area contributed by atoms with E-state index in [4.69, 9.17) is 5.26 Å². The number of hydrogen-bond donors (Lipinski definition) is 0. The average molecular weight is 218 g/mol. The van der Waals surface area contributed by atoms with E-state index in [-0.39, 0.29) is 0 Å². The summed E-state index contributed by atoms with van der Waals surface area (Å²) < 4.78 is 0. The Bertz CT molecular complexity index is 437. The molecule has 0 aliphatic heterocycles. The smallest absolute Gasteiger partial charge is 0.130 e. The molecule has 76 valence electrons. The van der Waals surface area contributed by atoms with Crippen LogP contribution in [-0.4, -0.2) is 17.0 Å². The van der Waals surface area contributed by atoms with Crippen molar-refractivity contribution in [1.82, 2.24) is 4.98 Å². The second kappa shape index (κ2) is 4.45. The molecular formula is C11H10N2OS. The second-order valence-electron chi connectivity index (χ2n) is 3.39. The third-order valence-corrected chi connectivity index (χ3v) is 3.31. The number of nitrogens with zero attached hydrogens (tertiary/aromatic N) is 2. The molecule has 0 bridgehead atoms. The number of carbonyl (C=O) groups excluding carboxylic acids is 1. The molecule has 0 radical (unpaired) electrons. The fourth-order valence-electron chi connectivity index (χ4n) is 1.76. The summed E-state index contributed by atoms with van der Waals surface area (Å²) in [7, 11) is 0. The van der Waals surface area contributed by atoms with Crippen molar-refractivity contribution in [1.29, 1.82) is 5.26 Å². The van der Waals surface area contributed by atoms with E-state index in [9.17, 15) is 4.79 Å². The van der Waals surface area contributed by atoms with Crippen LogP contribution in [-0.2, 0) is 17.6 Å². The van der Waals surface area contributed by atoms with Crippen LogP contribution in [0.15, 0.2) is 11.1 Å². The summed E-state index contributed by atoms with van der Waals surface area (Å²) in [6, 6.07) is 4.05. The molecule has 0 saturated heterocycles. The molecule has 1 aromatic rings. The summed E-state index contributed by atoms with van der Waals surface area (Å²) >= 11 is 1.34. The van der Waals surface area contributed by atoms with E-state index in [1.165, 1.54) is 17.3 Å². The Morgan fingerprint density at radius 3 is 3.20 bits per heavy atom. The molecule has 2 rings (SSSR count). The van der Waals surface area contributed by atoms with Crippen LogP contribution in [0.5, 0.6) is 0 Å². The lowest BCUT2D eigenvalue weighted by molar-refractivity contribution is -0.105. The highest BCUT2D eigenvalue weighted by molar-refractivity contribution is 7.99. The van der Waals surface area contributed by atoms with Gasteiger partial charge in [0, 0.05) is 5.69 Å². The fourth-order valence-corrected chi connectivity index (χ4v) is 2.42. The van der Waals surface area contributed by atoms with Gasteiger partial charge in [-0.1, -0.05) is 11.8 Å². The molecule has 0 amide bonds. The quantitative estimate of drug-likeness (QED) is 0.572. The van der Waals surface area contributed by atoms with Crippen molar-refractivity contribution >= 4 is 18.0 Å². The van der Waals surface area contributed by atoms with Gasteiger partial charge in [-0.15, -0.1) is 0 Å². The summed E-state index contributed by atoms with van der Waals surface area (Å²) in [6.45, 7) is 0. The van der Waals surface area contributed by atoms with Crippen molar-refractivity contribution in [2.45, 2.75) is 24.3 Å². The molecular weight excluding hydrogens is 208 g/mol. The molecule has 4 heteroatoms. The first kappa shape index (κ1) is 10.2. The topological polar surface area (TPSA) is 53.8 Å². The van der Waals surface area contributed by atoms with Crippen LogP contribution in [0.1, 0.15) is 23.2 Å². The highest BCUT2D eigenvalue weighted by Crippen LogP contribution is 2.27. The van der Waals surface area contributed by atoms with Gasteiger partial charge in [0.25, 0.3) is 0 Å². The van der Waals surface area contributed by atoms with Gasteiger partial charge in [-0.2, -0.15) is 5.26 Å². The van der Waals surface area contributed by atoms with Gasteiger partial charge in [-0.25, -0.2) is 4.98 Å². The van der Waals surface area contributed by atoms with Gasteiger partial charge in [-0.05, 0) is 30.9 Å². The van der Waals surface area contributed by atoms with Crippen LogP contribution in [0, 0.1) is 11.3 Å². The number of carbonyl (C=O) groups is 1.